The summed E-state index contributed by atoms with van der Waals surface area (Å²) in [6.45, 7) is 5.51. The van der Waals surface area contributed by atoms with Gasteiger partial charge in [-0.25, -0.2) is 9.59 Å². The highest BCUT2D eigenvalue weighted by atomic mass is 16.6. The molecule has 140 valence electrons. The zero-order valence-corrected chi connectivity index (χ0v) is 15.7. The molecule has 0 aromatic heterocycles. The van der Waals surface area contributed by atoms with Gasteiger partial charge in [-0.05, 0) is 58.2 Å². The molecule has 1 unspecified atom stereocenters. The number of carbonyl (C=O) groups is 2. The first-order valence-corrected chi connectivity index (χ1v) is 8.67. The quantitative estimate of drug-likeness (QED) is 0.638. The van der Waals surface area contributed by atoms with Gasteiger partial charge in [-0.15, -0.1) is 6.42 Å². The van der Waals surface area contributed by atoms with Crippen LogP contribution in [0.5, 0.6) is 0 Å². The Bertz CT molecular complexity index is 716. The topological polar surface area (TPSA) is 76.7 Å². The van der Waals surface area contributed by atoms with E-state index in [1.165, 1.54) is 7.11 Å². The van der Waals surface area contributed by atoms with Crippen LogP contribution in [0.15, 0.2) is 18.2 Å². The van der Waals surface area contributed by atoms with E-state index in [-0.39, 0.29) is 12.1 Å². The molecule has 0 saturated heterocycles. The van der Waals surface area contributed by atoms with Gasteiger partial charge in [0, 0.05) is 17.6 Å². The molecular formula is C20H26N2O4. The summed E-state index contributed by atoms with van der Waals surface area (Å²) in [4.78, 5) is 23.5. The van der Waals surface area contributed by atoms with Crippen LogP contribution in [0.25, 0.3) is 0 Å². The predicted octanol–water partition coefficient (Wildman–Crippen LogP) is 3.31. The second-order valence-electron chi connectivity index (χ2n) is 7.39. The minimum atomic E-state index is -0.510. The molecule has 1 aliphatic rings. The van der Waals surface area contributed by atoms with Crippen molar-refractivity contribution >= 4 is 17.7 Å². The average Bonchev–Trinajstić information content (AvgIpc) is 2.99. The number of alkyl carbamates (subject to hydrolysis) is 1. The molecule has 1 fully saturated rings. The summed E-state index contributed by atoms with van der Waals surface area (Å²) in [6, 6.07) is 5.35. The molecule has 1 aromatic rings. The highest BCUT2D eigenvalue weighted by Crippen LogP contribution is 2.26. The van der Waals surface area contributed by atoms with Crippen LogP contribution >= 0.6 is 0 Å². The lowest BCUT2D eigenvalue weighted by Gasteiger charge is -2.22. The van der Waals surface area contributed by atoms with Crippen molar-refractivity contribution in [2.75, 3.05) is 12.4 Å². The van der Waals surface area contributed by atoms with Crippen molar-refractivity contribution in [3.8, 4) is 12.3 Å². The molecule has 2 atom stereocenters. The van der Waals surface area contributed by atoms with Crippen molar-refractivity contribution in [1.29, 1.82) is 0 Å². The first-order chi connectivity index (χ1) is 12.2. The Labute approximate surface area is 154 Å². The van der Waals surface area contributed by atoms with Crippen LogP contribution in [0.2, 0.25) is 0 Å². The first-order valence-electron chi connectivity index (χ1n) is 8.67. The molecule has 0 radical (unpaired) electrons. The zero-order valence-electron chi connectivity index (χ0n) is 15.7. The highest BCUT2D eigenvalue weighted by molar-refractivity contribution is 5.90. The number of terminal acetylenes is 1. The summed E-state index contributed by atoms with van der Waals surface area (Å²) in [6.07, 6.45) is 7.73. The highest BCUT2D eigenvalue weighted by Gasteiger charge is 2.28. The van der Waals surface area contributed by atoms with Gasteiger partial charge >= 0.3 is 12.1 Å². The molecule has 2 N–H and O–H groups in total. The number of ether oxygens (including phenoxy) is 2. The Morgan fingerprint density at radius 1 is 1.23 bits per heavy atom. The van der Waals surface area contributed by atoms with Gasteiger partial charge in [-0.2, -0.15) is 0 Å². The Morgan fingerprint density at radius 3 is 2.54 bits per heavy atom. The number of rotatable bonds is 4. The van der Waals surface area contributed by atoms with Gasteiger partial charge in [0.2, 0.25) is 0 Å². The number of carbonyl (C=O) groups excluding carboxylic acids is 2. The smallest absolute Gasteiger partial charge is 0.407 e. The summed E-state index contributed by atoms with van der Waals surface area (Å²) in [7, 11) is 1.33. The Morgan fingerprint density at radius 2 is 1.92 bits per heavy atom. The predicted molar refractivity (Wildman–Crippen MR) is 100 cm³/mol. The molecule has 26 heavy (non-hydrogen) atoms. The van der Waals surface area contributed by atoms with E-state index in [0.717, 1.165) is 24.9 Å². The summed E-state index contributed by atoms with van der Waals surface area (Å²) in [5, 5.41) is 6.32. The number of hydrogen-bond donors (Lipinski definition) is 2. The SMILES string of the molecule is C#Cc1cc(C(=O)OC)ccc1NC1CC[C@@H](NC(=O)OC(C)(C)C)C1. The summed E-state index contributed by atoms with van der Waals surface area (Å²) in [5.74, 6) is 2.18. The van der Waals surface area contributed by atoms with E-state index in [9.17, 15) is 9.59 Å². The molecule has 1 aliphatic carbocycles. The minimum Gasteiger partial charge on any atom is -0.465 e. The number of methoxy groups -OCH3 is 1. The number of benzene rings is 1. The van der Waals surface area contributed by atoms with Crippen LogP contribution in [0.4, 0.5) is 10.5 Å². The van der Waals surface area contributed by atoms with Crippen molar-refractivity contribution < 1.29 is 19.1 Å². The number of amides is 1. The lowest BCUT2D eigenvalue weighted by Crippen LogP contribution is -2.38. The van der Waals surface area contributed by atoms with Gasteiger partial charge in [0.15, 0.2) is 0 Å². The van der Waals surface area contributed by atoms with Crippen LogP contribution in [-0.4, -0.2) is 36.9 Å². The first kappa shape index (κ1) is 19.6. The molecule has 0 bridgehead atoms. The standard InChI is InChI=1S/C20H26N2O4/c1-6-13-11-14(18(23)25-5)7-10-17(13)21-15-8-9-16(12-15)22-19(24)26-20(2,3)4/h1,7,10-11,15-16,21H,8-9,12H2,2-5H3,(H,22,24)/t15?,16-/m1/s1. The Balaban J connectivity index is 1.95. The van der Waals surface area contributed by atoms with Crippen LogP contribution in [-0.2, 0) is 9.47 Å². The van der Waals surface area contributed by atoms with Crippen LogP contribution in [0.3, 0.4) is 0 Å². The zero-order chi connectivity index (χ0) is 19.3. The number of anilines is 1. The van der Waals surface area contributed by atoms with Gasteiger partial charge in [0.25, 0.3) is 0 Å². The number of hydrogen-bond acceptors (Lipinski definition) is 5. The second kappa shape index (κ2) is 8.13. The molecular weight excluding hydrogens is 332 g/mol. The second-order valence-corrected chi connectivity index (χ2v) is 7.39. The van der Waals surface area contributed by atoms with E-state index in [0.29, 0.717) is 11.1 Å². The Hall–Kier alpha value is -2.68. The molecule has 2 rings (SSSR count). The third-order valence-electron chi connectivity index (χ3n) is 4.11. The largest absolute Gasteiger partial charge is 0.465 e. The van der Waals surface area contributed by atoms with Gasteiger partial charge in [0.05, 0.1) is 18.4 Å². The van der Waals surface area contributed by atoms with E-state index in [4.69, 9.17) is 15.9 Å². The summed E-state index contributed by atoms with van der Waals surface area (Å²) >= 11 is 0. The van der Waals surface area contributed by atoms with Crippen LogP contribution < -0.4 is 10.6 Å². The van der Waals surface area contributed by atoms with Gasteiger partial charge < -0.3 is 20.1 Å². The van der Waals surface area contributed by atoms with E-state index in [1.807, 2.05) is 20.8 Å². The molecule has 0 heterocycles. The van der Waals surface area contributed by atoms with Crippen molar-refractivity contribution in [2.24, 2.45) is 0 Å². The van der Waals surface area contributed by atoms with E-state index < -0.39 is 17.7 Å². The molecule has 1 aromatic carbocycles. The van der Waals surface area contributed by atoms with Gasteiger partial charge in [0.1, 0.15) is 5.60 Å². The van der Waals surface area contributed by atoms with E-state index in [1.54, 1.807) is 18.2 Å². The average molecular weight is 358 g/mol. The molecule has 1 amide bonds. The molecule has 6 nitrogen and oxygen atoms in total. The van der Waals surface area contributed by atoms with E-state index in [2.05, 4.69) is 16.6 Å². The lowest BCUT2D eigenvalue weighted by molar-refractivity contribution is 0.0504. The van der Waals surface area contributed by atoms with Crippen LogP contribution in [0, 0.1) is 12.3 Å². The minimum absolute atomic E-state index is 0.0611. The van der Waals surface area contributed by atoms with Crippen molar-refractivity contribution in [3.63, 3.8) is 0 Å². The van der Waals surface area contributed by atoms with Gasteiger partial charge in [-0.1, -0.05) is 5.92 Å². The maximum absolute atomic E-state index is 11.9. The third-order valence-corrected chi connectivity index (χ3v) is 4.11. The number of esters is 1. The fourth-order valence-corrected chi connectivity index (χ4v) is 2.97. The summed E-state index contributed by atoms with van der Waals surface area (Å²) < 4.78 is 10.0. The number of nitrogens with one attached hydrogen (secondary N) is 2. The molecule has 6 heteroatoms. The lowest BCUT2D eigenvalue weighted by atomic mass is 10.1. The van der Waals surface area contributed by atoms with Crippen LogP contribution in [0.1, 0.15) is 56.0 Å². The maximum Gasteiger partial charge on any atom is 0.407 e. The van der Waals surface area contributed by atoms with Crippen molar-refractivity contribution in [2.45, 2.75) is 57.7 Å². The maximum atomic E-state index is 11.9. The van der Waals surface area contributed by atoms with Crippen molar-refractivity contribution in [1.82, 2.24) is 5.32 Å². The molecule has 1 saturated carbocycles. The monoisotopic (exact) mass is 358 g/mol. The van der Waals surface area contributed by atoms with Crippen molar-refractivity contribution in [3.05, 3.63) is 29.3 Å². The van der Waals surface area contributed by atoms with E-state index >= 15 is 0 Å². The molecule has 0 spiro atoms. The Kier molecular flexibility index (Phi) is 6.14. The normalized spacial score (nSPS) is 19.3. The molecule has 0 aliphatic heterocycles. The van der Waals surface area contributed by atoms with Gasteiger partial charge in [-0.3, -0.25) is 0 Å². The third kappa shape index (κ3) is 5.41. The fraction of sp³-hybridized carbons (Fsp3) is 0.500. The summed E-state index contributed by atoms with van der Waals surface area (Å²) in [5.41, 5.74) is 1.31. The fourth-order valence-electron chi connectivity index (χ4n) is 2.97.